The van der Waals surface area contributed by atoms with E-state index in [4.69, 9.17) is 9.68 Å². The predicted octanol–water partition coefficient (Wildman–Crippen LogP) is 0.111. The van der Waals surface area contributed by atoms with Crippen molar-refractivity contribution in [1.29, 1.82) is 0 Å². The van der Waals surface area contributed by atoms with Gasteiger partial charge in [-0.15, -0.1) is 0 Å². The molecule has 68 valence electrons. The van der Waals surface area contributed by atoms with Crippen molar-refractivity contribution in [3.8, 4) is 5.75 Å². The number of esters is 1. The Labute approximate surface area is 76.4 Å². The van der Waals surface area contributed by atoms with Crippen LogP contribution in [-0.2, 0) is 4.74 Å². The lowest BCUT2D eigenvalue weighted by molar-refractivity contribution is 0.0600. The molecule has 5 heteroatoms. The van der Waals surface area contributed by atoms with Crippen LogP contribution in [0.2, 0.25) is 0 Å². The van der Waals surface area contributed by atoms with Crippen LogP contribution in [0.1, 0.15) is 10.4 Å². The van der Waals surface area contributed by atoms with Gasteiger partial charge in [-0.1, -0.05) is 6.07 Å². The highest BCUT2D eigenvalue weighted by Gasteiger charge is 2.05. The summed E-state index contributed by atoms with van der Waals surface area (Å²) in [6, 6.07) is 6.40. The zero-order valence-electron chi connectivity index (χ0n) is 7.19. The van der Waals surface area contributed by atoms with Crippen LogP contribution in [0.25, 0.3) is 0 Å². The third kappa shape index (κ3) is 2.49. The van der Waals surface area contributed by atoms with E-state index in [1.807, 2.05) is 0 Å². The Morgan fingerprint density at radius 3 is 2.92 bits per heavy atom. The Morgan fingerprint density at radius 1 is 1.54 bits per heavy atom. The number of rotatable bonds is 3. The molecule has 0 amide bonds. The van der Waals surface area contributed by atoms with Crippen LogP contribution in [0.5, 0.6) is 5.75 Å². The van der Waals surface area contributed by atoms with Gasteiger partial charge in [0.25, 0.3) is 0 Å². The first-order valence-corrected chi connectivity index (χ1v) is 3.70. The van der Waals surface area contributed by atoms with Gasteiger partial charge in [-0.05, 0) is 18.2 Å². The van der Waals surface area contributed by atoms with E-state index in [1.54, 1.807) is 18.2 Å². The van der Waals surface area contributed by atoms with E-state index in [-0.39, 0.29) is 0 Å². The molecule has 0 atom stereocenters. The first kappa shape index (κ1) is 9.60. The normalized spacial score (nSPS) is 9.08. The molecule has 0 spiro atoms. The van der Waals surface area contributed by atoms with Crippen molar-refractivity contribution in [2.45, 2.75) is 0 Å². The van der Waals surface area contributed by atoms with Crippen LogP contribution < -0.4 is 4.65 Å². The molecule has 1 aromatic carbocycles. The quantitative estimate of drug-likeness (QED) is 0.529. The van der Waals surface area contributed by atoms with Gasteiger partial charge in [-0.3, -0.25) is 0 Å². The summed E-state index contributed by atoms with van der Waals surface area (Å²) in [7, 11) is 0.895. The summed E-state index contributed by atoms with van der Waals surface area (Å²) in [6.07, 6.45) is 0. The summed E-state index contributed by atoms with van der Waals surface area (Å²) in [5, 5.41) is 8.47. The molecule has 1 N–H and O–H groups in total. The Morgan fingerprint density at radius 2 is 2.31 bits per heavy atom. The fourth-order valence-electron chi connectivity index (χ4n) is 0.905. The Bertz CT molecular complexity index is 300. The van der Waals surface area contributed by atoms with Gasteiger partial charge < -0.3 is 14.4 Å². The monoisotopic (exact) mass is 180 g/mol. The topological polar surface area (TPSA) is 55.8 Å². The van der Waals surface area contributed by atoms with Crippen molar-refractivity contribution in [1.82, 2.24) is 0 Å². The summed E-state index contributed by atoms with van der Waals surface area (Å²) in [5.41, 5.74) is 0.397. The molecule has 13 heavy (non-hydrogen) atoms. The maximum absolute atomic E-state index is 11.0. The minimum absolute atomic E-state index is 0.397. The number of benzene rings is 1. The van der Waals surface area contributed by atoms with Gasteiger partial charge >= 0.3 is 13.7 Å². The Balaban J connectivity index is 2.85. The Kier molecular flexibility index (Phi) is 3.34. The minimum atomic E-state index is -0.427. The lowest BCUT2D eigenvalue weighted by Crippen LogP contribution is -2.03. The minimum Gasteiger partial charge on any atom is -0.539 e. The molecule has 0 heterocycles. The van der Waals surface area contributed by atoms with Crippen LogP contribution in [0, 0.1) is 0 Å². The van der Waals surface area contributed by atoms with Crippen LogP contribution >= 0.6 is 0 Å². The molecule has 0 saturated heterocycles. The van der Waals surface area contributed by atoms with Crippen LogP contribution in [0.15, 0.2) is 24.3 Å². The smallest absolute Gasteiger partial charge is 0.504 e. The molecule has 0 fully saturated rings. The van der Waals surface area contributed by atoms with Gasteiger partial charge in [0, 0.05) is 0 Å². The van der Waals surface area contributed by atoms with Crippen molar-refractivity contribution >= 4 is 13.7 Å². The van der Waals surface area contributed by atoms with E-state index in [2.05, 4.69) is 4.74 Å². The molecule has 0 aliphatic rings. The zero-order chi connectivity index (χ0) is 9.68. The molecule has 0 saturated carbocycles. The van der Waals surface area contributed by atoms with Gasteiger partial charge in [0.05, 0.1) is 12.7 Å². The number of hydrogen-bond acceptors (Lipinski definition) is 4. The zero-order valence-corrected chi connectivity index (χ0v) is 7.19. The number of methoxy groups -OCH3 is 1. The fraction of sp³-hybridized carbons (Fsp3) is 0.125. The van der Waals surface area contributed by atoms with Crippen molar-refractivity contribution < 1.29 is 19.2 Å². The molecule has 4 nitrogen and oxygen atoms in total. The number of carbonyl (C=O) groups excluding carboxylic acids is 1. The second-order valence-corrected chi connectivity index (χ2v) is 2.29. The first-order chi connectivity index (χ1) is 6.27. The summed E-state index contributed by atoms with van der Waals surface area (Å²) >= 11 is 0. The molecule has 0 unspecified atom stereocenters. The van der Waals surface area contributed by atoms with Gasteiger partial charge in [-0.2, -0.15) is 0 Å². The summed E-state index contributed by atoms with van der Waals surface area (Å²) in [5.74, 6) is 0.00814. The predicted molar refractivity (Wildman–Crippen MR) is 47.8 cm³/mol. The molecular weight excluding hydrogens is 171 g/mol. The number of hydrogen-bond donors (Lipinski definition) is 1. The van der Waals surface area contributed by atoms with Gasteiger partial charge in [0.15, 0.2) is 0 Å². The van der Waals surface area contributed by atoms with Crippen molar-refractivity contribution in [3.63, 3.8) is 0 Å². The third-order valence-electron chi connectivity index (χ3n) is 1.49. The highest BCUT2D eigenvalue weighted by atomic mass is 16.5. The summed E-state index contributed by atoms with van der Waals surface area (Å²) in [6.45, 7) is 0. The molecular formula is C8H9BO4. The molecule has 0 aromatic heterocycles. The number of ether oxygens (including phenoxy) is 1. The second-order valence-electron chi connectivity index (χ2n) is 2.29. The van der Waals surface area contributed by atoms with Crippen LogP contribution in [-0.4, -0.2) is 25.8 Å². The second kappa shape index (κ2) is 4.52. The molecule has 1 rings (SSSR count). The van der Waals surface area contributed by atoms with Gasteiger partial charge in [0.2, 0.25) is 0 Å². The average Bonchev–Trinajstić information content (AvgIpc) is 2.18. The van der Waals surface area contributed by atoms with Crippen LogP contribution in [0.3, 0.4) is 0 Å². The first-order valence-electron chi connectivity index (χ1n) is 3.70. The maximum Gasteiger partial charge on any atom is 0.504 e. The molecule has 0 aliphatic carbocycles. The molecule has 0 bridgehead atoms. The highest BCUT2D eigenvalue weighted by Crippen LogP contribution is 2.13. The molecule has 0 aliphatic heterocycles. The largest absolute Gasteiger partial charge is 0.539 e. The average molecular weight is 180 g/mol. The standard InChI is InChI=1S/C8H9BO4/c1-12-8(10)6-3-2-4-7(5-6)13-9-11/h2-5,9,11H,1H3. The Hall–Kier alpha value is -1.49. The third-order valence-corrected chi connectivity index (χ3v) is 1.49. The van der Waals surface area contributed by atoms with Crippen molar-refractivity contribution in [2.24, 2.45) is 0 Å². The maximum atomic E-state index is 11.0. The summed E-state index contributed by atoms with van der Waals surface area (Å²) in [4.78, 5) is 11.0. The van der Waals surface area contributed by atoms with Crippen molar-refractivity contribution in [3.05, 3.63) is 29.8 Å². The highest BCUT2D eigenvalue weighted by molar-refractivity contribution is 6.17. The lowest BCUT2D eigenvalue weighted by atomic mass is 10.2. The summed E-state index contributed by atoms with van der Waals surface area (Å²) < 4.78 is 9.30. The lowest BCUT2D eigenvalue weighted by Gasteiger charge is -2.03. The molecule has 1 aromatic rings. The van der Waals surface area contributed by atoms with Crippen molar-refractivity contribution in [2.75, 3.05) is 7.11 Å². The van der Waals surface area contributed by atoms with Gasteiger partial charge in [-0.25, -0.2) is 4.79 Å². The SMILES string of the molecule is COC(=O)c1cccc(OBO)c1. The van der Waals surface area contributed by atoms with E-state index in [1.165, 1.54) is 13.2 Å². The van der Waals surface area contributed by atoms with E-state index >= 15 is 0 Å². The van der Waals surface area contributed by atoms with E-state index in [0.717, 1.165) is 0 Å². The number of carbonyl (C=O) groups is 1. The van der Waals surface area contributed by atoms with Gasteiger partial charge in [0.1, 0.15) is 5.75 Å². The fourth-order valence-corrected chi connectivity index (χ4v) is 0.905. The van der Waals surface area contributed by atoms with Crippen LogP contribution in [0.4, 0.5) is 0 Å². The molecule has 0 radical (unpaired) electrons. The van der Waals surface area contributed by atoms with E-state index in [9.17, 15) is 4.79 Å². The van der Waals surface area contributed by atoms with E-state index < -0.39 is 13.7 Å². The van der Waals surface area contributed by atoms with E-state index in [0.29, 0.717) is 11.3 Å².